The monoisotopic (exact) mass is 312 g/mol. The highest BCUT2D eigenvalue weighted by molar-refractivity contribution is 7.09. The molecule has 1 saturated heterocycles. The summed E-state index contributed by atoms with van der Waals surface area (Å²) in [4.78, 5) is 9.37. The van der Waals surface area contributed by atoms with Crippen LogP contribution < -0.4 is 4.90 Å². The Kier molecular flexibility index (Phi) is 4.61. The molecule has 1 unspecified atom stereocenters. The maximum atomic E-state index is 9.99. The lowest BCUT2D eigenvalue weighted by atomic mass is 9.96. The van der Waals surface area contributed by atoms with Gasteiger partial charge in [-0.25, -0.2) is 4.98 Å². The van der Waals surface area contributed by atoms with Crippen LogP contribution in [-0.4, -0.2) is 57.2 Å². The van der Waals surface area contributed by atoms with Gasteiger partial charge in [0.15, 0.2) is 0 Å². The Balaban J connectivity index is 2.01. The lowest BCUT2D eigenvalue weighted by Crippen LogP contribution is -2.55. The van der Waals surface area contributed by atoms with Crippen molar-refractivity contribution in [3.05, 3.63) is 5.82 Å². The van der Waals surface area contributed by atoms with Gasteiger partial charge in [0.1, 0.15) is 5.82 Å². The van der Waals surface area contributed by atoms with Crippen molar-refractivity contribution in [2.45, 2.75) is 58.6 Å². The van der Waals surface area contributed by atoms with E-state index in [1.807, 2.05) is 13.8 Å². The molecular formula is C15H28N4OS. The van der Waals surface area contributed by atoms with E-state index in [1.165, 1.54) is 11.5 Å². The maximum Gasteiger partial charge on any atom is 0.205 e. The van der Waals surface area contributed by atoms with E-state index < -0.39 is 5.60 Å². The van der Waals surface area contributed by atoms with Crippen LogP contribution >= 0.6 is 11.5 Å². The molecule has 0 bridgehead atoms. The molecule has 2 rings (SSSR count). The van der Waals surface area contributed by atoms with Gasteiger partial charge in [-0.1, -0.05) is 20.8 Å². The number of anilines is 1. The van der Waals surface area contributed by atoms with Crippen LogP contribution in [0.25, 0.3) is 0 Å². The minimum Gasteiger partial charge on any atom is -0.389 e. The van der Waals surface area contributed by atoms with Gasteiger partial charge in [-0.15, -0.1) is 0 Å². The molecule has 1 atom stereocenters. The maximum absolute atomic E-state index is 9.99. The second-order valence-electron chi connectivity index (χ2n) is 7.73. The van der Waals surface area contributed by atoms with Crippen molar-refractivity contribution in [1.82, 2.24) is 14.3 Å². The average Bonchev–Trinajstić information content (AvgIpc) is 2.79. The molecule has 2 heterocycles. The van der Waals surface area contributed by atoms with Gasteiger partial charge in [-0.2, -0.15) is 4.37 Å². The topological polar surface area (TPSA) is 52.5 Å². The van der Waals surface area contributed by atoms with Crippen LogP contribution in [0, 0.1) is 0 Å². The van der Waals surface area contributed by atoms with Crippen LogP contribution in [0.3, 0.4) is 0 Å². The molecule has 21 heavy (non-hydrogen) atoms. The summed E-state index contributed by atoms with van der Waals surface area (Å²) < 4.78 is 4.50. The normalized spacial score (nSPS) is 21.9. The van der Waals surface area contributed by atoms with Crippen LogP contribution in [0.15, 0.2) is 0 Å². The predicted molar refractivity (Wildman–Crippen MR) is 88.2 cm³/mol. The van der Waals surface area contributed by atoms with Crippen molar-refractivity contribution in [2.24, 2.45) is 0 Å². The first-order chi connectivity index (χ1) is 9.56. The van der Waals surface area contributed by atoms with E-state index >= 15 is 0 Å². The molecule has 120 valence electrons. The third-order valence-corrected chi connectivity index (χ3v) is 4.49. The third kappa shape index (κ3) is 4.37. The lowest BCUT2D eigenvalue weighted by Gasteiger charge is -2.41. The summed E-state index contributed by atoms with van der Waals surface area (Å²) in [6.45, 7) is 15.9. The van der Waals surface area contributed by atoms with Crippen molar-refractivity contribution in [1.29, 1.82) is 0 Å². The van der Waals surface area contributed by atoms with Gasteiger partial charge < -0.3 is 10.0 Å². The van der Waals surface area contributed by atoms with Crippen LogP contribution in [0.2, 0.25) is 0 Å². The summed E-state index contributed by atoms with van der Waals surface area (Å²) in [5, 5.41) is 11.0. The molecule has 0 amide bonds. The molecule has 6 heteroatoms. The Labute approximate surface area is 132 Å². The average molecular weight is 312 g/mol. The first kappa shape index (κ1) is 16.6. The molecule has 1 aliphatic heterocycles. The van der Waals surface area contributed by atoms with Gasteiger partial charge in [0.2, 0.25) is 5.13 Å². The van der Waals surface area contributed by atoms with Crippen LogP contribution in [0.1, 0.15) is 47.4 Å². The van der Waals surface area contributed by atoms with Gasteiger partial charge in [0.25, 0.3) is 0 Å². The van der Waals surface area contributed by atoms with Crippen LogP contribution in [0.5, 0.6) is 0 Å². The van der Waals surface area contributed by atoms with Crippen molar-refractivity contribution in [3.63, 3.8) is 0 Å². The number of aromatic nitrogens is 2. The minimum atomic E-state index is -0.640. The summed E-state index contributed by atoms with van der Waals surface area (Å²) in [7, 11) is 0. The largest absolute Gasteiger partial charge is 0.389 e. The molecule has 1 aromatic heterocycles. The highest BCUT2D eigenvalue weighted by Gasteiger charge is 2.30. The summed E-state index contributed by atoms with van der Waals surface area (Å²) >= 11 is 1.50. The fourth-order valence-electron chi connectivity index (χ4n) is 2.55. The van der Waals surface area contributed by atoms with Crippen molar-refractivity contribution >= 4 is 16.7 Å². The van der Waals surface area contributed by atoms with Crippen molar-refractivity contribution in [2.75, 3.05) is 31.1 Å². The minimum absolute atomic E-state index is 0.00308. The zero-order chi connectivity index (χ0) is 15.8. The third-order valence-electron chi connectivity index (χ3n) is 3.71. The molecule has 1 aromatic rings. The molecule has 5 nitrogen and oxygen atoms in total. The second-order valence-corrected chi connectivity index (χ2v) is 8.46. The highest BCUT2D eigenvalue weighted by Crippen LogP contribution is 2.27. The number of hydrogen-bond donors (Lipinski definition) is 1. The van der Waals surface area contributed by atoms with Crippen LogP contribution in [-0.2, 0) is 5.41 Å². The number of β-amino-alcohol motifs (C(OH)–C–C–N with tert-alkyl or cyclic N) is 1. The van der Waals surface area contributed by atoms with E-state index in [0.29, 0.717) is 12.6 Å². The number of aliphatic hydroxyl groups is 1. The SMILES string of the molecule is CC1CN(c2nc(C(C)(C)C)ns2)CCN1CC(C)(C)O. The Bertz CT molecular complexity index is 475. The number of rotatable bonds is 3. The molecule has 0 saturated carbocycles. The molecule has 0 radical (unpaired) electrons. The Morgan fingerprint density at radius 2 is 1.90 bits per heavy atom. The quantitative estimate of drug-likeness (QED) is 0.926. The van der Waals surface area contributed by atoms with Gasteiger partial charge >= 0.3 is 0 Å². The molecule has 1 fully saturated rings. The van der Waals surface area contributed by atoms with Crippen molar-refractivity contribution < 1.29 is 5.11 Å². The fraction of sp³-hybridized carbons (Fsp3) is 0.867. The highest BCUT2D eigenvalue weighted by atomic mass is 32.1. The molecule has 0 spiro atoms. The fourth-order valence-corrected chi connectivity index (χ4v) is 3.44. The van der Waals surface area contributed by atoms with Gasteiger partial charge in [0.05, 0.1) is 5.60 Å². The Hall–Kier alpha value is -0.720. The van der Waals surface area contributed by atoms with E-state index in [9.17, 15) is 5.11 Å². The zero-order valence-electron chi connectivity index (χ0n) is 14.1. The molecule has 0 aliphatic carbocycles. The van der Waals surface area contributed by atoms with E-state index in [4.69, 9.17) is 4.98 Å². The molecule has 1 N–H and O–H groups in total. The molecule has 1 aliphatic rings. The van der Waals surface area contributed by atoms with E-state index in [2.05, 4.69) is 41.9 Å². The van der Waals surface area contributed by atoms with E-state index in [-0.39, 0.29) is 5.41 Å². The number of nitrogens with zero attached hydrogens (tertiary/aromatic N) is 4. The first-order valence-electron chi connectivity index (χ1n) is 7.62. The molecular weight excluding hydrogens is 284 g/mol. The predicted octanol–water partition coefficient (Wildman–Crippen LogP) is 2.12. The van der Waals surface area contributed by atoms with Gasteiger partial charge in [-0.05, 0) is 20.8 Å². The van der Waals surface area contributed by atoms with E-state index in [0.717, 1.165) is 30.6 Å². The van der Waals surface area contributed by atoms with Crippen molar-refractivity contribution in [3.8, 4) is 0 Å². The standard InChI is InChI=1S/C15H28N4OS/c1-11-9-18(7-8-19(11)10-15(5,6)20)13-16-12(17-21-13)14(2,3)4/h11,20H,7-10H2,1-6H3. The van der Waals surface area contributed by atoms with Gasteiger partial charge in [0, 0.05) is 49.2 Å². The lowest BCUT2D eigenvalue weighted by molar-refractivity contribution is 0.0201. The molecule has 0 aromatic carbocycles. The summed E-state index contributed by atoms with van der Waals surface area (Å²) in [5.41, 5.74) is -0.637. The Morgan fingerprint density at radius 1 is 1.24 bits per heavy atom. The van der Waals surface area contributed by atoms with Crippen LogP contribution in [0.4, 0.5) is 5.13 Å². The number of piperazine rings is 1. The Morgan fingerprint density at radius 3 is 2.38 bits per heavy atom. The smallest absolute Gasteiger partial charge is 0.205 e. The first-order valence-corrected chi connectivity index (χ1v) is 8.39. The second kappa shape index (κ2) is 5.82. The number of hydrogen-bond acceptors (Lipinski definition) is 6. The summed E-state index contributed by atoms with van der Waals surface area (Å²) in [5.74, 6) is 0.925. The zero-order valence-corrected chi connectivity index (χ0v) is 14.9. The van der Waals surface area contributed by atoms with Gasteiger partial charge in [-0.3, -0.25) is 4.90 Å². The van der Waals surface area contributed by atoms with E-state index in [1.54, 1.807) is 0 Å². The summed E-state index contributed by atoms with van der Waals surface area (Å²) in [6.07, 6.45) is 0. The summed E-state index contributed by atoms with van der Waals surface area (Å²) in [6, 6.07) is 0.409.